The third-order valence-corrected chi connectivity index (χ3v) is 4.83. The number of hydrogen-bond donors (Lipinski definition) is 1. The van der Waals surface area contributed by atoms with E-state index in [-0.39, 0.29) is 5.41 Å². The summed E-state index contributed by atoms with van der Waals surface area (Å²) in [6, 6.07) is 5.92. The van der Waals surface area contributed by atoms with Crippen molar-refractivity contribution in [2.45, 2.75) is 25.2 Å². The highest BCUT2D eigenvalue weighted by atomic mass is 32.1. The summed E-state index contributed by atoms with van der Waals surface area (Å²) >= 11 is 1.75. The van der Waals surface area contributed by atoms with Gasteiger partial charge < -0.3 is 5.73 Å². The first-order valence-electron chi connectivity index (χ1n) is 5.84. The van der Waals surface area contributed by atoms with Gasteiger partial charge in [0, 0.05) is 23.0 Å². The quantitative estimate of drug-likeness (QED) is 0.904. The average molecular weight is 245 g/mol. The minimum Gasteiger partial charge on any atom is -0.330 e. The van der Waals surface area contributed by atoms with Crippen LogP contribution in [-0.4, -0.2) is 16.5 Å². The topological polar surface area (TPSA) is 51.8 Å². The minimum atomic E-state index is 0.231. The molecule has 88 valence electrons. The molecule has 0 saturated heterocycles. The van der Waals surface area contributed by atoms with E-state index in [0.717, 1.165) is 22.9 Å². The van der Waals surface area contributed by atoms with Crippen LogP contribution in [0, 0.1) is 6.92 Å². The van der Waals surface area contributed by atoms with E-state index in [1.54, 1.807) is 11.3 Å². The molecule has 17 heavy (non-hydrogen) atoms. The number of aryl methyl sites for hydroxylation is 1. The highest BCUT2D eigenvalue weighted by molar-refractivity contribution is 7.15. The van der Waals surface area contributed by atoms with Crippen molar-refractivity contribution in [1.29, 1.82) is 0 Å². The predicted molar refractivity (Wildman–Crippen MR) is 70.0 cm³/mol. The zero-order valence-electron chi connectivity index (χ0n) is 9.81. The highest BCUT2D eigenvalue weighted by Gasteiger charge is 2.45. The fraction of sp³-hybridized carbons (Fsp3) is 0.385. The molecule has 0 aliphatic heterocycles. The average Bonchev–Trinajstić information content (AvgIpc) is 3.07. The molecule has 3 nitrogen and oxygen atoms in total. The fourth-order valence-electron chi connectivity index (χ4n) is 2.16. The van der Waals surface area contributed by atoms with Gasteiger partial charge in [-0.2, -0.15) is 0 Å². The van der Waals surface area contributed by atoms with Crippen LogP contribution in [0.1, 0.15) is 23.4 Å². The molecule has 2 heterocycles. The summed E-state index contributed by atoms with van der Waals surface area (Å²) in [4.78, 5) is 10.3. The molecule has 1 aliphatic carbocycles. The van der Waals surface area contributed by atoms with Crippen molar-refractivity contribution in [3.8, 4) is 10.7 Å². The summed E-state index contributed by atoms with van der Waals surface area (Å²) in [5, 5.41) is 1.01. The summed E-state index contributed by atoms with van der Waals surface area (Å²) in [7, 11) is 0. The Kier molecular flexibility index (Phi) is 2.49. The molecule has 1 aliphatic rings. The Morgan fingerprint density at radius 3 is 2.82 bits per heavy atom. The van der Waals surface area contributed by atoms with Gasteiger partial charge >= 0.3 is 0 Å². The Bertz CT molecular complexity index is 529. The van der Waals surface area contributed by atoms with Crippen molar-refractivity contribution in [2.75, 3.05) is 6.54 Å². The third-order valence-electron chi connectivity index (χ3n) is 3.41. The molecule has 0 spiro atoms. The molecule has 0 radical (unpaired) electrons. The number of rotatable bonds is 3. The van der Waals surface area contributed by atoms with E-state index in [0.29, 0.717) is 0 Å². The fourth-order valence-corrected chi connectivity index (χ4v) is 3.46. The Labute approximate surface area is 105 Å². The van der Waals surface area contributed by atoms with Crippen LogP contribution in [0.25, 0.3) is 10.7 Å². The van der Waals surface area contributed by atoms with Crippen molar-refractivity contribution < 1.29 is 0 Å². The lowest BCUT2D eigenvalue weighted by atomic mass is 10.0. The van der Waals surface area contributed by atoms with E-state index in [4.69, 9.17) is 5.73 Å². The van der Waals surface area contributed by atoms with Crippen molar-refractivity contribution in [1.82, 2.24) is 9.97 Å². The zero-order chi connectivity index (χ0) is 11.9. The maximum Gasteiger partial charge on any atom is 0.142 e. The highest BCUT2D eigenvalue weighted by Crippen LogP contribution is 2.51. The number of hydrogen-bond acceptors (Lipinski definition) is 4. The predicted octanol–water partition coefficient (Wildman–Crippen LogP) is 2.50. The number of nitrogens with two attached hydrogens (primary N) is 1. The molecule has 2 N–H and O–H groups in total. The van der Waals surface area contributed by atoms with Crippen molar-refractivity contribution >= 4 is 11.3 Å². The molecule has 3 rings (SSSR count). The second kappa shape index (κ2) is 3.89. The molecule has 0 bridgehead atoms. The van der Waals surface area contributed by atoms with Crippen molar-refractivity contribution in [3.05, 3.63) is 35.0 Å². The van der Waals surface area contributed by atoms with Crippen LogP contribution in [0.4, 0.5) is 0 Å². The number of pyridine rings is 1. The minimum absolute atomic E-state index is 0.231. The van der Waals surface area contributed by atoms with E-state index in [9.17, 15) is 0 Å². The third kappa shape index (κ3) is 1.77. The first kappa shape index (κ1) is 10.9. The molecule has 0 aromatic carbocycles. The van der Waals surface area contributed by atoms with E-state index < -0.39 is 0 Å². The van der Waals surface area contributed by atoms with Gasteiger partial charge in [0.1, 0.15) is 5.01 Å². The van der Waals surface area contributed by atoms with Crippen LogP contribution in [-0.2, 0) is 5.41 Å². The van der Waals surface area contributed by atoms with E-state index in [2.05, 4.69) is 16.9 Å². The maximum atomic E-state index is 5.88. The van der Waals surface area contributed by atoms with Crippen LogP contribution < -0.4 is 5.73 Å². The summed E-state index contributed by atoms with van der Waals surface area (Å²) in [5.41, 5.74) is 8.19. The normalized spacial score (nSPS) is 17.1. The van der Waals surface area contributed by atoms with Gasteiger partial charge in [-0.25, -0.2) is 4.98 Å². The van der Waals surface area contributed by atoms with Gasteiger partial charge in [-0.1, -0.05) is 6.07 Å². The van der Waals surface area contributed by atoms with Crippen LogP contribution in [0.15, 0.2) is 24.4 Å². The summed E-state index contributed by atoms with van der Waals surface area (Å²) in [5.74, 6) is 0. The Morgan fingerprint density at radius 1 is 1.41 bits per heavy atom. The molecule has 4 heteroatoms. The zero-order valence-corrected chi connectivity index (χ0v) is 10.6. The molecule has 0 unspecified atom stereocenters. The number of aromatic nitrogens is 2. The molecule has 1 fully saturated rings. The van der Waals surface area contributed by atoms with E-state index >= 15 is 0 Å². The standard InChI is InChI=1S/C13H15N3S/c1-9-11(13(8-14)5-6-13)17-12(16-9)10-4-2-3-7-15-10/h2-4,7H,5-6,8,14H2,1H3. The van der Waals surface area contributed by atoms with Crippen molar-refractivity contribution in [2.24, 2.45) is 5.73 Å². The molecule has 0 amide bonds. The molecule has 0 atom stereocenters. The number of nitrogens with zero attached hydrogens (tertiary/aromatic N) is 2. The van der Waals surface area contributed by atoms with Crippen LogP contribution >= 0.6 is 11.3 Å². The lowest BCUT2D eigenvalue weighted by Gasteiger charge is -2.09. The van der Waals surface area contributed by atoms with Gasteiger partial charge in [-0.3, -0.25) is 4.98 Å². The molecule has 2 aromatic rings. The van der Waals surface area contributed by atoms with Crippen LogP contribution in [0.5, 0.6) is 0 Å². The SMILES string of the molecule is Cc1nc(-c2ccccn2)sc1C1(CN)CC1. The second-order valence-corrected chi connectivity index (χ2v) is 5.63. The van der Waals surface area contributed by atoms with E-state index in [1.165, 1.54) is 17.7 Å². The van der Waals surface area contributed by atoms with Gasteiger partial charge in [0.25, 0.3) is 0 Å². The van der Waals surface area contributed by atoms with Crippen LogP contribution in [0.2, 0.25) is 0 Å². The summed E-state index contributed by atoms with van der Waals surface area (Å²) in [6.45, 7) is 2.81. The summed E-state index contributed by atoms with van der Waals surface area (Å²) < 4.78 is 0. The lowest BCUT2D eigenvalue weighted by molar-refractivity contribution is 0.712. The Morgan fingerprint density at radius 2 is 2.24 bits per heavy atom. The first-order valence-corrected chi connectivity index (χ1v) is 6.66. The van der Waals surface area contributed by atoms with Gasteiger partial charge in [0.2, 0.25) is 0 Å². The van der Waals surface area contributed by atoms with Crippen LogP contribution in [0.3, 0.4) is 0 Å². The number of thiazole rings is 1. The Hall–Kier alpha value is -1.26. The van der Waals surface area contributed by atoms with Gasteiger partial charge in [-0.15, -0.1) is 11.3 Å². The summed E-state index contributed by atoms with van der Waals surface area (Å²) in [6.07, 6.45) is 4.21. The Balaban J connectivity index is 2.02. The smallest absolute Gasteiger partial charge is 0.142 e. The maximum absolute atomic E-state index is 5.88. The van der Waals surface area contributed by atoms with Gasteiger partial charge in [0.15, 0.2) is 0 Å². The van der Waals surface area contributed by atoms with Crippen molar-refractivity contribution in [3.63, 3.8) is 0 Å². The second-order valence-electron chi connectivity index (χ2n) is 4.63. The van der Waals surface area contributed by atoms with Gasteiger partial charge in [0.05, 0.1) is 11.4 Å². The molecular weight excluding hydrogens is 230 g/mol. The monoisotopic (exact) mass is 245 g/mol. The molecular formula is C13H15N3S. The largest absolute Gasteiger partial charge is 0.330 e. The molecule has 2 aromatic heterocycles. The van der Waals surface area contributed by atoms with E-state index in [1.807, 2.05) is 24.4 Å². The first-order chi connectivity index (χ1) is 8.25. The molecule has 1 saturated carbocycles. The lowest BCUT2D eigenvalue weighted by Crippen LogP contribution is -2.19. The van der Waals surface area contributed by atoms with Gasteiger partial charge in [-0.05, 0) is 31.9 Å².